The van der Waals surface area contributed by atoms with Crippen molar-refractivity contribution in [2.45, 2.75) is 19.0 Å². The van der Waals surface area contributed by atoms with Gasteiger partial charge in [-0.1, -0.05) is 30.3 Å². The van der Waals surface area contributed by atoms with Gasteiger partial charge in [-0.25, -0.2) is 8.42 Å². The van der Waals surface area contributed by atoms with Crippen molar-refractivity contribution in [2.24, 2.45) is 0 Å². The molecule has 21 heavy (non-hydrogen) atoms. The van der Waals surface area contributed by atoms with E-state index in [0.29, 0.717) is 13.0 Å². The predicted octanol–water partition coefficient (Wildman–Crippen LogP) is 1.63. The Bertz CT molecular complexity index is 723. The molecule has 112 valence electrons. The van der Waals surface area contributed by atoms with Gasteiger partial charge in [-0.3, -0.25) is 4.68 Å². The maximum Gasteiger partial charge on any atom is 0.152 e. The van der Waals surface area contributed by atoms with Gasteiger partial charge in [0, 0.05) is 17.7 Å². The fraction of sp³-hybridized carbons (Fsp3) is 0.400. The van der Waals surface area contributed by atoms with Gasteiger partial charge in [0.25, 0.3) is 0 Å². The Morgan fingerprint density at radius 1 is 1.33 bits per heavy atom. The van der Waals surface area contributed by atoms with Crippen molar-refractivity contribution in [3.63, 3.8) is 0 Å². The van der Waals surface area contributed by atoms with E-state index in [1.807, 2.05) is 48.3 Å². The van der Waals surface area contributed by atoms with Gasteiger partial charge in [0.1, 0.15) is 0 Å². The van der Waals surface area contributed by atoms with Crippen molar-refractivity contribution in [1.82, 2.24) is 15.1 Å². The van der Waals surface area contributed by atoms with E-state index in [2.05, 4.69) is 10.4 Å². The summed E-state index contributed by atoms with van der Waals surface area (Å²) in [6.07, 6.45) is 2.48. The lowest BCUT2D eigenvalue weighted by molar-refractivity contribution is 0.504. The highest BCUT2D eigenvalue weighted by molar-refractivity contribution is 7.91. The molecule has 0 saturated carbocycles. The van der Waals surface area contributed by atoms with E-state index in [1.54, 1.807) is 0 Å². The minimum absolute atomic E-state index is 0.0594. The average Bonchev–Trinajstić information content (AvgIpc) is 3.03. The summed E-state index contributed by atoms with van der Waals surface area (Å²) >= 11 is 0. The van der Waals surface area contributed by atoms with Crippen molar-refractivity contribution >= 4 is 9.84 Å². The van der Waals surface area contributed by atoms with Crippen molar-refractivity contribution in [1.29, 1.82) is 0 Å². The van der Waals surface area contributed by atoms with Crippen LogP contribution in [0.1, 0.15) is 18.0 Å². The summed E-state index contributed by atoms with van der Waals surface area (Å²) in [5.74, 6) is 0.445. The van der Waals surface area contributed by atoms with Crippen LogP contribution in [-0.4, -0.2) is 36.8 Å². The van der Waals surface area contributed by atoms with Gasteiger partial charge in [-0.05, 0) is 13.5 Å². The number of benzene rings is 1. The molecule has 0 aliphatic carbocycles. The molecule has 1 fully saturated rings. The fourth-order valence-corrected chi connectivity index (χ4v) is 4.57. The predicted molar refractivity (Wildman–Crippen MR) is 82.7 cm³/mol. The standard InChI is InChI=1S/C15H19N3O2S/c1-16-9-13-10-17-18(14-7-8-21(19,20)11-14)15(13)12-5-3-2-4-6-12/h2-6,10,14,16H,7-9,11H2,1H3. The van der Waals surface area contributed by atoms with Crippen molar-refractivity contribution in [2.75, 3.05) is 18.6 Å². The Morgan fingerprint density at radius 3 is 2.71 bits per heavy atom. The second kappa shape index (κ2) is 5.61. The smallest absolute Gasteiger partial charge is 0.152 e. The first-order valence-corrected chi connectivity index (χ1v) is 8.90. The SMILES string of the molecule is CNCc1cnn(C2CCS(=O)(=O)C2)c1-c1ccccc1. The maximum absolute atomic E-state index is 11.7. The Labute approximate surface area is 124 Å². The number of rotatable bonds is 4. The van der Waals surface area contributed by atoms with Gasteiger partial charge < -0.3 is 5.32 Å². The van der Waals surface area contributed by atoms with Crippen LogP contribution in [-0.2, 0) is 16.4 Å². The highest BCUT2D eigenvalue weighted by Gasteiger charge is 2.31. The molecular weight excluding hydrogens is 286 g/mol. The molecule has 0 radical (unpaired) electrons. The van der Waals surface area contributed by atoms with Crippen LogP contribution in [0.2, 0.25) is 0 Å². The molecular formula is C15H19N3O2S. The molecule has 1 atom stereocenters. The molecule has 6 heteroatoms. The molecule has 0 amide bonds. The number of hydrogen-bond donors (Lipinski definition) is 1. The first-order valence-electron chi connectivity index (χ1n) is 7.07. The molecule has 1 unspecified atom stereocenters. The number of nitrogens with zero attached hydrogens (tertiary/aromatic N) is 2. The third-order valence-corrected chi connectivity index (χ3v) is 5.59. The highest BCUT2D eigenvalue weighted by Crippen LogP contribution is 2.31. The Kier molecular flexibility index (Phi) is 3.82. The Balaban J connectivity index is 2.05. The molecule has 0 bridgehead atoms. The van der Waals surface area contributed by atoms with Crippen LogP contribution in [0.25, 0.3) is 11.3 Å². The van der Waals surface area contributed by atoms with Crippen LogP contribution in [0, 0.1) is 0 Å². The van der Waals surface area contributed by atoms with Crippen LogP contribution in [0.5, 0.6) is 0 Å². The van der Waals surface area contributed by atoms with Gasteiger partial charge in [0.05, 0.1) is 29.4 Å². The summed E-state index contributed by atoms with van der Waals surface area (Å²) < 4.78 is 25.4. The fourth-order valence-electron chi connectivity index (χ4n) is 2.88. The minimum Gasteiger partial charge on any atom is -0.316 e. The zero-order valence-electron chi connectivity index (χ0n) is 12.0. The lowest BCUT2D eigenvalue weighted by Gasteiger charge is -2.15. The normalized spacial score (nSPS) is 20.7. The van der Waals surface area contributed by atoms with E-state index < -0.39 is 9.84 Å². The summed E-state index contributed by atoms with van der Waals surface area (Å²) in [4.78, 5) is 0. The maximum atomic E-state index is 11.7. The molecule has 0 spiro atoms. The lowest BCUT2D eigenvalue weighted by Crippen LogP contribution is -2.14. The molecule has 1 aromatic carbocycles. The third-order valence-electron chi connectivity index (χ3n) is 3.84. The average molecular weight is 305 g/mol. The molecule has 3 rings (SSSR count). The van der Waals surface area contributed by atoms with Crippen LogP contribution in [0.3, 0.4) is 0 Å². The van der Waals surface area contributed by atoms with Crippen molar-refractivity contribution in [3.05, 3.63) is 42.1 Å². The van der Waals surface area contributed by atoms with Crippen LogP contribution in [0.15, 0.2) is 36.5 Å². The Morgan fingerprint density at radius 2 is 2.10 bits per heavy atom. The first-order chi connectivity index (χ1) is 10.1. The van der Waals surface area contributed by atoms with Gasteiger partial charge in [-0.15, -0.1) is 0 Å². The second-order valence-corrected chi connectivity index (χ2v) is 7.64. The quantitative estimate of drug-likeness (QED) is 0.932. The first kappa shape index (κ1) is 14.3. The topological polar surface area (TPSA) is 64.0 Å². The van der Waals surface area contributed by atoms with E-state index in [4.69, 9.17) is 0 Å². The van der Waals surface area contributed by atoms with Gasteiger partial charge in [0.2, 0.25) is 0 Å². The second-order valence-electron chi connectivity index (χ2n) is 5.42. The molecule has 1 N–H and O–H groups in total. The number of nitrogens with one attached hydrogen (secondary N) is 1. The van der Waals surface area contributed by atoms with Crippen LogP contribution < -0.4 is 5.32 Å². The zero-order chi connectivity index (χ0) is 14.9. The summed E-state index contributed by atoms with van der Waals surface area (Å²) in [7, 11) is -1.03. The summed E-state index contributed by atoms with van der Waals surface area (Å²) in [6.45, 7) is 0.712. The van der Waals surface area contributed by atoms with Crippen LogP contribution >= 0.6 is 0 Å². The molecule has 2 aromatic rings. The van der Waals surface area contributed by atoms with Gasteiger partial charge in [0.15, 0.2) is 9.84 Å². The third kappa shape index (κ3) is 2.87. The molecule has 1 saturated heterocycles. The monoisotopic (exact) mass is 305 g/mol. The molecule has 5 nitrogen and oxygen atoms in total. The van der Waals surface area contributed by atoms with Gasteiger partial charge in [-0.2, -0.15) is 5.10 Å². The van der Waals surface area contributed by atoms with E-state index >= 15 is 0 Å². The molecule has 1 aliphatic rings. The van der Waals surface area contributed by atoms with Gasteiger partial charge >= 0.3 is 0 Å². The number of sulfone groups is 1. The molecule has 1 aromatic heterocycles. The summed E-state index contributed by atoms with van der Waals surface area (Å²) in [5.41, 5.74) is 3.18. The molecule has 1 aliphatic heterocycles. The van der Waals surface area contributed by atoms with E-state index in [9.17, 15) is 8.42 Å². The van der Waals surface area contributed by atoms with Crippen molar-refractivity contribution in [3.8, 4) is 11.3 Å². The van der Waals surface area contributed by atoms with Crippen molar-refractivity contribution < 1.29 is 8.42 Å². The van der Waals surface area contributed by atoms with Crippen LogP contribution in [0.4, 0.5) is 0 Å². The highest BCUT2D eigenvalue weighted by atomic mass is 32.2. The van der Waals surface area contributed by atoms with E-state index in [0.717, 1.165) is 16.8 Å². The number of hydrogen-bond acceptors (Lipinski definition) is 4. The largest absolute Gasteiger partial charge is 0.316 e. The number of aromatic nitrogens is 2. The van der Waals surface area contributed by atoms with E-state index in [-0.39, 0.29) is 17.5 Å². The lowest BCUT2D eigenvalue weighted by atomic mass is 10.1. The zero-order valence-corrected chi connectivity index (χ0v) is 12.8. The molecule has 2 heterocycles. The summed E-state index contributed by atoms with van der Waals surface area (Å²) in [6, 6.07) is 9.97. The Hall–Kier alpha value is -1.66. The van der Waals surface area contributed by atoms with E-state index in [1.165, 1.54) is 0 Å². The minimum atomic E-state index is -2.92. The summed E-state index contributed by atoms with van der Waals surface area (Å²) in [5, 5.41) is 7.61.